The lowest BCUT2D eigenvalue weighted by atomic mass is 9.92. The molecule has 1 aliphatic rings. The number of hydrogen-bond acceptors (Lipinski definition) is 4. The molecule has 2 atom stereocenters. The summed E-state index contributed by atoms with van der Waals surface area (Å²) in [5.74, 6) is 0.0115. The van der Waals surface area contributed by atoms with Crippen LogP contribution >= 0.6 is 11.6 Å². The first-order valence-electron chi connectivity index (χ1n) is 8.17. The number of benzene rings is 2. The molecule has 0 aliphatic carbocycles. The van der Waals surface area contributed by atoms with E-state index in [4.69, 9.17) is 11.6 Å². The minimum absolute atomic E-state index is 0.0322. The first kappa shape index (κ1) is 17.7. The summed E-state index contributed by atoms with van der Waals surface area (Å²) in [6.45, 7) is -2.99. The molecular weight excluding hydrogens is 381 g/mol. The van der Waals surface area contributed by atoms with Crippen LogP contribution in [0.1, 0.15) is 29.6 Å². The number of halogens is 4. The predicted octanol–water partition coefficient (Wildman–Crippen LogP) is 4.82. The average molecular weight is 395 g/mol. The van der Waals surface area contributed by atoms with E-state index in [2.05, 4.69) is 20.1 Å². The van der Waals surface area contributed by atoms with E-state index < -0.39 is 18.7 Å². The predicted molar refractivity (Wildman–Crippen MR) is 93.6 cm³/mol. The number of nitrogens with one attached hydrogen (secondary N) is 1. The van der Waals surface area contributed by atoms with Crippen LogP contribution in [0.3, 0.4) is 0 Å². The van der Waals surface area contributed by atoms with Crippen molar-refractivity contribution in [3.8, 4) is 5.75 Å². The van der Waals surface area contributed by atoms with Gasteiger partial charge in [-0.2, -0.15) is 18.9 Å². The lowest BCUT2D eigenvalue weighted by Crippen LogP contribution is -2.29. The summed E-state index contributed by atoms with van der Waals surface area (Å²) in [6.07, 6.45) is 1.72. The van der Waals surface area contributed by atoms with Gasteiger partial charge in [-0.1, -0.05) is 35.9 Å². The number of aromatic nitrogens is 3. The third kappa shape index (κ3) is 3.44. The number of rotatable bonds is 4. The molecule has 140 valence electrons. The van der Waals surface area contributed by atoms with Gasteiger partial charge in [0.05, 0.1) is 12.1 Å². The van der Waals surface area contributed by atoms with Crippen molar-refractivity contribution >= 4 is 17.5 Å². The van der Waals surface area contributed by atoms with Crippen LogP contribution in [0.5, 0.6) is 5.75 Å². The molecule has 0 amide bonds. The summed E-state index contributed by atoms with van der Waals surface area (Å²) in [7, 11) is 0. The van der Waals surface area contributed by atoms with Crippen LogP contribution in [-0.2, 0) is 0 Å². The molecule has 5 nitrogen and oxygen atoms in total. The van der Waals surface area contributed by atoms with E-state index in [0.717, 1.165) is 0 Å². The minimum atomic E-state index is -2.99. The van der Waals surface area contributed by atoms with Gasteiger partial charge in [0, 0.05) is 16.1 Å². The molecule has 2 unspecified atom stereocenters. The van der Waals surface area contributed by atoms with Gasteiger partial charge in [0.25, 0.3) is 0 Å². The number of alkyl halides is 2. The molecule has 1 aliphatic heterocycles. The van der Waals surface area contributed by atoms with Crippen LogP contribution < -0.4 is 10.1 Å². The highest BCUT2D eigenvalue weighted by Crippen LogP contribution is 2.41. The SMILES string of the molecule is Fc1ccccc1C1CC(c2ccc(Cl)cc2OC(F)F)Nc2ncnn21. The molecule has 1 N–H and O–H groups in total. The minimum Gasteiger partial charge on any atom is -0.434 e. The first-order valence-corrected chi connectivity index (χ1v) is 8.55. The molecule has 1 aromatic heterocycles. The van der Waals surface area contributed by atoms with Gasteiger partial charge in [0.2, 0.25) is 5.95 Å². The molecule has 27 heavy (non-hydrogen) atoms. The summed E-state index contributed by atoms with van der Waals surface area (Å²) in [4.78, 5) is 4.15. The number of anilines is 1. The molecule has 0 spiro atoms. The van der Waals surface area contributed by atoms with E-state index >= 15 is 0 Å². The molecule has 0 saturated heterocycles. The number of nitrogens with zero attached hydrogens (tertiary/aromatic N) is 3. The van der Waals surface area contributed by atoms with Crippen molar-refractivity contribution in [2.24, 2.45) is 0 Å². The molecule has 2 heterocycles. The van der Waals surface area contributed by atoms with Crippen molar-refractivity contribution in [1.82, 2.24) is 14.8 Å². The Morgan fingerprint density at radius 2 is 2.00 bits per heavy atom. The molecule has 0 radical (unpaired) electrons. The van der Waals surface area contributed by atoms with E-state index in [1.54, 1.807) is 35.0 Å². The van der Waals surface area contributed by atoms with Crippen LogP contribution in [0.4, 0.5) is 19.1 Å². The standard InChI is InChI=1S/C18H14ClF3N4O/c19-10-5-6-12(16(7-10)27-17(21)22)14-8-15(11-3-1-2-4-13(11)20)26-18(25-14)23-9-24-26/h1-7,9,14-15,17H,8H2,(H,23,24,25). The fraction of sp³-hybridized carbons (Fsp3) is 0.222. The van der Waals surface area contributed by atoms with Crippen molar-refractivity contribution in [2.75, 3.05) is 5.32 Å². The van der Waals surface area contributed by atoms with Crippen molar-refractivity contribution in [3.63, 3.8) is 0 Å². The normalized spacial score (nSPS) is 18.9. The molecule has 0 bridgehead atoms. The van der Waals surface area contributed by atoms with E-state index in [-0.39, 0.29) is 16.6 Å². The molecule has 0 fully saturated rings. The molecule has 3 aromatic rings. The van der Waals surface area contributed by atoms with Gasteiger partial charge in [-0.05, 0) is 24.6 Å². The highest BCUT2D eigenvalue weighted by Gasteiger charge is 2.33. The Bertz CT molecular complexity index is 965. The van der Waals surface area contributed by atoms with Crippen LogP contribution in [0.15, 0.2) is 48.8 Å². The summed E-state index contributed by atoms with van der Waals surface area (Å²) in [6, 6.07) is 10.0. The van der Waals surface area contributed by atoms with Crippen molar-refractivity contribution in [1.29, 1.82) is 0 Å². The monoisotopic (exact) mass is 394 g/mol. The van der Waals surface area contributed by atoms with Crippen molar-refractivity contribution in [2.45, 2.75) is 25.1 Å². The largest absolute Gasteiger partial charge is 0.434 e. The smallest absolute Gasteiger partial charge is 0.387 e. The Kier molecular flexibility index (Phi) is 4.65. The zero-order chi connectivity index (χ0) is 19.0. The van der Waals surface area contributed by atoms with Crippen LogP contribution in [0.2, 0.25) is 5.02 Å². The van der Waals surface area contributed by atoms with Gasteiger partial charge in [0.1, 0.15) is 17.9 Å². The van der Waals surface area contributed by atoms with E-state index in [0.29, 0.717) is 23.5 Å². The third-order valence-corrected chi connectivity index (χ3v) is 4.70. The Morgan fingerprint density at radius 3 is 2.78 bits per heavy atom. The first-order chi connectivity index (χ1) is 13.0. The van der Waals surface area contributed by atoms with Gasteiger partial charge < -0.3 is 10.1 Å². The number of hydrogen-bond donors (Lipinski definition) is 1. The second kappa shape index (κ2) is 7.11. The van der Waals surface area contributed by atoms with Gasteiger partial charge in [-0.15, -0.1) is 0 Å². The Balaban J connectivity index is 1.76. The van der Waals surface area contributed by atoms with Gasteiger partial charge in [-0.25, -0.2) is 9.07 Å². The van der Waals surface area contributed by atoms with Gasteiger partial charge in [0.15, 0.2) is 0 Å². The number of ether oxygens (including phenoxy) is 1. The summed E-state index contributed by atoms with van der Waals surface area (Å²) in [5.41, 5.74) is 0.927. The lowest BCUT2D eigenvalue weighted by molar-refractivity contribution is -0.0506. The van der Waals surface area contributed by atoms with E-state index in [1.807, 2.05) is 0 Å². The summed E-state index contributed by atoms with van der Waals surface area (Å²) < 4.78 is 46.2. The van der Waals surface area contributed by atoms with Gasteiger partial charge in [-0.3, -0.25) is 0 Å². The van der Waals surface area contributed by atoms with Crippen LogP contribution in [-0.4, -0.2) is 21.4 Å². The molecule has 9 heteroatoms. The molecule has 0 saturated carbocycles. The Labute approximate surface area is 157 Å². The maximum absolute atomic E-state index is 14.4. The maximum atomic E-state index is 14.4. The average Bonchev–Trinajstić information content (AvgIpc) is 3.10. The fourth-order valence-corrected chi connectivity index (χ4v) is 3.48. The lowest BCUT2D eigenvalue weighted by Gasteiger charge is -2.32. The maximum Gasteiger partial charge on any atom is 0.387 e. The molecule has 4 rings (SSSR count). The third-order valence-electron chi connectivity index (χ3n) is 4.46. The zero-order valence-corrected chi connectivity index (χ0v) is 14.6. The van der Waals surface area contributed by atoms with Gasteiger partial charge >= 0.3 is 6.61 Å². The van der Waals surface area contributed by atoms with Crippen molar-refractivity contribution < 1.29 is 17.9 Å². The van der Waals surface area contributed by atoms with Crippen LogP contribution in [0, 0.1) is 5.82 Å². The second-order valence-electron chi connectivity index (χ2n) is 6.06. The highest BCUT2D eigenvalue weighted by atomic mass is 35.5. The Morgan fingerprint density at radius 1 is 1.19 bits per heavy atom. The highest BCUT2D eigenvalue weighted by molar-refractivity contribution is 6.30. The van der Waals surface area contributed by atoms with E-state index in [1.165, 1.54) is 18.5 Å². The zero-order valence-electron chi connectivity index (χ0n) is 13.8. The Hall–Kier alpha value is -2.74. The topological polar surface area (TPSA) is 52.0 Å². The second-order valence-corrected chi connectivity index (χ2v) is 6.50. The quantitative estimate of drug-likeness (QED) is 0.689. The summed E-state index contributed by atoms with van der Waals surface area (Å²) >= 11 is 5.93. The molecule has 2 aromatic carbocycles. The van der Waals surface area contributed by atoms with Crippen LogP contribution in [0.25, 0.3) is 0 Å². The van der Waals surface area contributed by atoms with E-state index in [9.17, 15) is 13.2 Å². The summed E-state index contributed by atoms with van der Waals surface area (Å²) in [5, 5.41) is 7.59. The number of fused-ring (bicyclic) bond motifs is 1. The molecular formula is C18H14ClF3N4O. The fourth-order valence-electron chi connectivity index (χ4n) is 3.32. The van der Waals surface area contributed by atoms with Crippen molar-refractivity contribution in [3.05, 3.63) is 70.8 Å².